The number of hydrogen-bond donors (Lipinski definition) is 1. The van der Waals surface area contributed by atoms with Gasteiger partial charge in [0.05, 0.1) is 29.4 Å². The van der Waals surface area contributed by atoms with E-state index in [9.17, 15) is 13.2 Å². The first kappa shape index (κ1) is 15.4. The van der Waals surface area contributed by atoms with Gasteiger partial charge in [0.1, 0.15) is 5.69 Å². The maximum atomic E-state index is 12.7. The number of carbonyl (C=O) groups excluding carboxylic acids is 1. The minimum absolute atomic E-state index is 0.0443. The fraction of sp³-hybridized carbons (Fsp3) is 0.538. The van der Waals surface area contributed by atoms with Gasteiger partial charge in [-0.25, -0.2) is 8.42 Å². The van der Waals surface area contributed by atoms with Crippen molar-refractivity contribution in [3.8, 4) is 12.3 Å². The lowest BCUT2D eigenvalue weighted by Gasteiger charge is -2.26. The molecule has 2 N–H and O–H groups in total. The second-order valence-corrected chi connectivity index (χ2v) is 7.39. The van der Waals surface area contributed by atoms with Crippen LogP contribution in [0.1, 0.15) is 22.6 Å². The van der Waals surface area contributed by atoms with Crippen LogP contribution in [-0.4, -0.2) is 53.1 Å². The zero-order valence-corrected chi connectivity index (χ0v) is 12.9. The van der Waals surface area contributed by atoms with Crippen LogP contribution in [0.5, 0.6) is 0 Å². The van der Waals surface area contributed by atoms with Crippen LogP contribution in [0.4, 0.5) is 5.69 Å². The first-order valence-electron chi connectivity index (χ1n) is 6.50. The molecular formula is C13H18N4O3S. The highest BCUT2D eigenvalue weighted by atomic mass is 32.2. The van der Waals surface area contributed by atoms with Crippen molar-refractivity contribution in [3.05, 3.63) is 11.4 Å². The Bertz CT molecular complexity index is 715. The summed E-state index contributed by atoms with van der Waals surface area (Å²) in [5.41, 5.74) is 6.98. The fourth-order valence-electron chi connectivity index (χ4n) is 2.55. The summed E-state index contributed by atoms with van der Waals surface area (Å²) in [4.78, 5) is 14.1. The van der Waals surface area contributed by atoms with Crippen LogP contribution in [0.2, 0.25) is 0 Å². The molecule has 1 aromatic heterocycles. The number of aromatic nitrogens is 2. The lowest BCUT2D eigenvalue weighted by molar-refractivity contribution is 0.0714. The number of sulfone groups is 1. The Hall–Kier alpha value is -2.01. The molecule has 0 radical (unpaired) electrons. The third-order valence-corrected chi connectivity index (χ3v) is 5.39. The SMILES string of the molecule is C#CCN(C(=O)c1c(N)c(C)nn1C)C1CCS(=O)(=O)C1. The Morgan fingerprint density at radius 2 is 2.29 bits per heavy atom. The quantitative estimate of drug-likeness (QED) is 0.764. The van der Waals surface area contributed by atoms with E-state index in [4.69, 9.17) is 12.2 Å². The van der Waals surface area contributed by atoms with E-state index in [1.54, 1.807) is 14.0 Å². The number of amides is 1. The van der Waals surface area contributed by atoms with E-state index < -0.39 is 15.9 Å². The lowest BCUT2D eigenvalue weighted by Crippen LogP contribution is -2.42. The van der Waals surface area contributed by atoms with Gasteiger partial charge in [-0.05, 0) is 13.3 Å². The van der Waals surface area contributed by atoms with Gasteiger partial charge in [0.15, 0.2) is 9.84 Å². The van der Waals surface area contributed by atoms with Gasteiger partial charge in [0.25, 0.3) is 5.91 Å². The van der Waals surface area contributed by atoms with Crippen LogP contribution in [-0.2, 0) is 16.9 Å². The van der Waals surface area contributed by atoms with Gasteiger partial charge in [-0.2, -0.15) is 5.10 Å². The van der Waals surface area contributed by atoms with Crippen LogP contribution >= 0.6 is 0 Å². The van der Waals surface area contributed by atoms with Crippen molar-refractivity contribution in [2.75, 3.05) is 23.8 Å². The van der Waals surface area contributed by atoms with Crippen molar-refractivity contribution in [1.29, 1.82) is 0 Å². The fourth-order valence-corrected chi connectivity index (χ4v) is 4.28. The Morgan fingerprint density at radius 3 is 2.71 bits per heavy atom. The van der Waals surface area contributed by atoms with Gasteiger partial charge in [0, 0.05) is 13.1 Å². The van der Waals surface area contributed by atoms with E-state index in [0.717, 1.165) is 0 Å². The number of anilines is 1. The number of nitrogen functional groups attached to an aromatic ring is 1. The molecule has 8 heteroatoms. The monoisotopic (exact) mass is 310 g/mol. The Labute approximate surface area is 124 Å². The first-order valence-corrected chi connectivity index (χ1v) is 8.33. The Morgan fingerprint density at radius 1 is 1.62 bits per heavy atom. The summed E-state index contributed by atoms with van der Waals surface area (Å²) >= 11 is 0. The van der Waals surface area contributed by atoms with E-state index >= 15 is 0 Å². The van der Waals surface area contributed by atoms with Gasteiger partial charge in [-0.1, -0.05) is 5.92 Å². The topological polar surface area (TPSA) is 98.3 Å². The molecule has 2 heterocycles. The standard InChI is InChI=1S/C13H18N4O3S/c1-4-6-17(10-5-7-21(19,20)8-10)13(18)12-11(14)9(2)15-16(12)3/h1,10H,5-8,14H2,2-3H3. The van der Waals surface area contributed by atoms with Gasteiger partial charge in [-0.15, -0.1) is 6.42 Å². The van der Waals surface area contributed by atoms with Gasteiger partial charge in [-0.3, -0.25) is 9.48 Å². The zero-order valence-electron chi connectivity index (χ0n) is 12.0. The Balaban J connectivity index is 2.35. The number of nitrogens with zero attached hydrogens (tertiary/aromatic N) is 3. The highest BCUT2D eigenvalue weighted by Gasteiger charge is 2.36. The lowest BCUT2D eigenvalue weighted by atomic mass is 10.2. The number of hydrogen-bond acceptors (Lipinski definition) is 5. The minimum Gasteiger partial charge on any atom is -0.395 e. The molecule has 2 rings (SSSR count). The number of nitrogens with two attached hydrogens (primary N) is 1. The van der Waals surface area contributed by atoms with Crippen LogP contribution in [0.25, 0.3) is 0 Å². The second-order valence-electron chi connectivity index (χ2n) is 5.17. The van der Waals surface area contributed by atoms with Crippen LogP contribution in [0.15, 0.2) is 0 Å². The molecule has 1 atom stereocenters. The number of rotatable bonds is 3. The van der Waals surface area contributed by atoms with Crippen LogP contribution in [0.3, 0.4) is 0 Å². The predicted octanol–water partition coefficient (Wildman–Crippen LogP) is -0.427. The molecule has 0 aromatic carbocycles. The third-order valence-electron chi connectivity index (χ3n) is 3.64. The number of aryl methyl sites for hydroxylation is 2. The van der Waals surface area contributed by atoms with E-state index in [1.807, 2.05) is 0 Å². The number of carbonyl (C=O) groups is 1. The number of terminal acetylenes is 1. The average Bonchev–Trinajstić information content (AvgIpc) is 2.86. The normalized spacial score (nSPS) is 20.1. The van der Waals surface area contributed by atoms with Crippen molar-refractivity contribution in [1.82, 2.24) is 14.7 Å². The molecule has 0 spiro atoms. The smallest absolute Gasteiger partial charge is 0.275 e. The molecule has 0 bridgehead atoms. The highest BCUT2D eigenvalue weighted by molar-refractivity contribution is 7.91. The van der Waals surface area contributed by atoms with Crippen LogP contribution < -0.4 is 5.73 Å². The summed E-state index contributed by atoms with van der Waals surface area (Å²) in [7, 11) is -1.48. The van der Waals surface area contributed by atoms with Gasteiger partial charge >= 0.3 is 0 Å². The molecular weight excluding hydrogens is 292 g/mol. The molecule has 1 unspecified atom stereocenters. The molecule has 1 fully saturated rings. The first-order chi connectivity index (χ1) is 9.76. The maximum absolute atomic E-state index is 12.7. The highest BCUT2D eigenvalue weighted by Crippen LogP contribution is 2.23. The molecule has 7 nitrogen and oxygen atoms in total. The summed E-state index contributed by atoms with van der Waals surface area (Å²) < 4.78 is 24.6. The molecule has 0 saturated carbocycles. The summed E-state index contributed by atoms with van der Waals surface area (Å²) in [6, 6.07) is -0.409. The van der Waals surface area contributed by atoms with E-state index in [-0.39, 0.29) is 29.7 Å². The molecule has 1 aliphatic rings. The summed E-state index contributed by atoms with van der Waals surface area (Å²) in [6.45, 7) is 1.75. The van der Waals surface area contributed by atoms with Crippen LogP contribution in [0, 0.1) is 19.3 Å². The largest absolute Gasteiger partial charge is 0.395 e. The third kappa shape index (κ3) is 2.88. The molecule has 0 aliphatic carbocycles. The van der Waals surface area contributed by atoms with Crippen molar-refractivity contribution in [3.63, 3.8) is 0 Å². The molecule has 1 amide bonds. The summed E-state index contributed by atoms with van der Waals surface area (Å²) in [6.07, 6.45) is 5.71. The van der Waals surface area contributed by atoms with Crippen molar-refractivity contribution in [2.45, 2.75) is 19.4 Å². The van der Waals surface area contributed by atoms with Gasteiger partial charge in [0.2, 0.25) is 0 Å². The van der Waals surface area contributed by atoms with Crippen molar-refractivity contribution < 1.29 is 13.2 Å². The van der Waals surface area contributed by atoms with E-state index in [2.05, 4.69) is 11.0 Å². The predicted molar refractivity (Wildman–Crippen MR) is 79.3 cm³/mol. The maximum Gasteiger partial charge on any atom is 0.275 e. The zero-order chi connectivity index (χ0) is 15.8. The molecule has 1 saturated heterocycles. The summed E-state index contributed by atoms with van der Waals surface area (Å²) in [5, 5.41) is 4.10. The Kier molecular flexibility index (Phi) is 3.96. The van der Waals surface area contributed by atoms with Crippen molar-refractivity contribution in [2.24, 2.45) is 7.05 Å². The molecule has 1 aliphatic heterocycles. The average molecular weight is 310 g/mol. The molecule has 21 heavy (non-hydrogen) atoms. The van der Waals surface area contributed by atoms with E-state index in [0.29, 0.717) is 17.8 Å². The molecule has 114 valence electrons. The van der Waals surface area contributed by atoms with Crippen molar-refractivity contribution >= 4 is 21.4 Å². The van der Waals surface area contributed by atoms with Gasteiger partial charge < -0.3 is 10.6 Å². The van der Waals surface area contributed by atoms with E-state index in [1.165, 1.54) is 9.58 Å². The summed E-state index contributed by atoms with van der Waals surface area (Å²) in [5.74, 6) is 2.05. The minimum atomic E-state index is -3.11. The molecule has 1 aromatic rings. The second kappa shape index (κ2) is 5.41.